The highest BCUT2D eigenvalue weighted by Crippen LogP contribution is 2.28. The van der Waals surface area contributed by atoms with E-state index in [0.29, 0.717) is 24.6 Å². The highest BCUT2D eigenvalue weighted by Gasteiger charge is 2.20. The monoisotopic (exact) mass is 398 g/mol. The molecule has 1 fully saturated rings. The van der Waals surface area contributed by atoms with Gasteiger partial charge in [0.2, 0.25) is 5.91 Å². The number of aromatic nitrogens is 2. The maximum atomic E-state index is 13.1. The van der Waals surface area contributed by atoms with Crippen LogP contribution < -0.4 is 15.8 Å². The van der Waals surface area contributed by atoms with Crippen molar-refractivity contribution >= 4 is 16.9 Å². The first-order valence-corrected chi connectivity index (χ1v) is 9.62. The standard InChI is InChI=1S/C21H23FN4O3/c22-14-3-5-15(6-4-14)29-16-7-8-18-19(10-16)26(13-17-2-1-9-28-17)21(25-18)12-24-11-20(23)27/h3-8,10,17,24H,1-2,9,11-13H2,(H2,23,27)/t17-/m1/s1. The van der Waals surface area contributed by atoms with E-state index in [0.717, 1.165) is 36.3 Å². The molecule has 0 radical (unpaired) electrons. The van der Waals surface area contributed by atoms with Gasteiger partial charge in [-0.15, -0.1) is 0 Å². The topological polar surface area (TPSA) is 91.4 Å². The lowest BCUT2D eigenvalue weighted by atomic mass is 10.2. The van der Waals surface area contributed by atoms with Gasteiger partial charge in [-0.2, -0.15) is 0 Å². The fourth-order valence-electron chi connectivity index (χ4n) is 3.48. The fraction of sp³-hybridized carbons (Fsp3) is 0.333. The molecule has 4 rings (SSSR count). The average molecular weight is 398 g/mol. The minimum Gasteiger partial charge on any atom is -0.457 e. The second-order valence-electron chi connectivity index (χ2n) is 7.05. The number of halogens is 1. The van der Waals surface area contributed by atoms with Gasteiger partial charge in [-0.3, -0.25) is 4.79 Å². The molecule has 0 bridgehead atoms. The number of amides is 1. The number of benzene rings is 2. The molecule has 0 spiro atoms. The summed E-state index contributed by atoms with van der Waals surface area (Å²) in [6.45, 7) is 1.94. The smallest absolute Gasteiger partial charge is 0.231 e. The highest BCUT2D eigenvalue weighted by atomic mass is 19.1. The Labute approximate surface area is 167 Å². The van der Waals surface area contributed by atoms with Crippen molar-refractivity contribution in [1.82, 2.24) is 14.9 Å². The predicted molar refractivity (Wildman–Crippen MR) is 106 cm³/mol. The van der Waals surface area contributed by atoms with Crippen molar-refractivity contribution in [3.63, 3.8) is 0 Å². The predicted octanol–water partition coefficient (Wildman–Crippen LogP) is 2.72. The van der Waals surface area contributed by atoms with E-state index in [2.05, 4.69) is 9.88 Å². The Hall–Kier alpha value is -2.97. The molecule has 0 unspecified atom stereocenters. The quantitative estimate of drug-likeness (QED) is 0.609. The molecule has 1 aromatic heterocycles. The summed E-state index contributed by atoms with van der Waals surface area (Å²) in [6, 6.07) is 11.5. The van der Waals surface area contributed by atoms with Crippen LogP contribution in [-0.4, -0.2) is 34.7 Å². The van der Waals surface area contributed by atoms with Gasteiger partial charge < -0.3 is 25.1 Å². The van der Waals surface area contributed by atoms with Gasteiger partial charge >= 0.3 is 0 Å². The Morgan fingerprint density at radius 3 is 2.79 bits per heavy atom. The molecule has 3 N–H and O–H groups in total. The van der Waals surface area contributed by atoms with Crippen LogP contribution in [0, 0.1) is 5.82 Å². The summed E-state index contributed by atoms with van der Waals surface area (Å²) in [5, 5.41) is 3.02. The highest BCUT2D eigenvalue weighted by molar-refractivity contribution is 5.78. The van der Waals surface area contributed by atoms with Crippen LogP contribution in [0.1, 0.15) is 18.7 Å². The molecule has 7 nitrogen and oxygen atoms in total. The average Bonchev–Trinajstić information content (AvgIpc) is 3.32. The zero-order valence-corrected chi connectivity index (χ0v) is 15.9. The molecule has 3 aromatic rings. The molecular formula is C21H23FN4O3. The van der Waals surface area contributed by atoms with E-state index in [1.54, 1.807) is 12.1 Å². The number of ether oxygens (including phenoxy) is 2. The fourth-order valence-corrected chi connectivity index (χ4v) is 3.48. The van der Waals surface area contributed by atoms with E-state index < -0.39 is 5.91 Å². The number of hydrogen-bond donors (Lipinski definition) is 2. The summed E-state index contributed by atoms with van der Waals surface area (Å²) < 4.78 is 26.9. The Morgan fingerprint density at radius 1 is 1.28 bits per heavy atom. The summed E-state index contributed by atoms with van der Waals surface area (Å²) >= 11 is 0. The van der Waals surface area contributed by atoms with Crippen LogP contribution in [0.3, 0.4) is 0 Å². The van der Waals surface area contributed by atoms with Crippen molar-refractivity contribution in [2.45, 2.75) is 32.0 Å². The van der Waals surface area contributed by atoms with Crippen molar-refractivity contribution in [2.24, 2.45) is 5.73 Å². The van der Waals surface area contributed by atoms with Crippen LogP contribution in [0.15, 0.2) is 42.5 Å². The second-order valence-corrected chi connectivity index (χ2v) is 7.05. The normalized spacial score (nSPS) is 16.4. The third kappa shape index (κ3) is 4.72. The largest absolute Gasteiger partial charge is 0.457 e. The van der Waals surface area contributed by atoms with Crippen LogP contribution in [0.4, 0.5) is 4.39 Å². The lowest BCUT2D eigenvalue weighted by molar-refractivity contribution is -0.117. The van der Waals surface area contributed by atoms with Gasteiger partial charge in [0.25, 0.3) is 0 Å². The number of imidazole rings is 1. The van der Waals surface area contributed by atoms with Crippen LogP contribution in [0.25, 0.3) is 11.0 Å². The molecule has 152 valence electrons. The molecule has 1 saturated heterocycles. The maximum absolute atomic E-state index is 13.1. The van der Waals surface area contributed by atoms with E-state index in [1.807, 2.05) is 18.2 Å². The summed E-state index contributed by atoms with van der Waals surface area (Å²) in [7, 11) is 0. The van der Waals surface area contributed by atoms with Crippen LogP contribution in [-0.2, 0) is 22.6 Å². The Kier molecular flexibility index (Phi) is 5.73. The number of nitrogens with two attached hydrogens (primary N) is 1. The van der Waals surface area contributed by atoms with E-state index >= 15 is 0 Å². The number of primary amides is 1. The molecule has 0 aliphatic carbocycles. The number of nitrogens with one attached hydrogen (secondary N) is 1. The lowest BCUT2D eigenvalue weighted by Crippen LogP contribution is -2.29. The minimum atomic E-state index is -0.415. The van der Waals surface area contributed by atoms with Crippen LogP contribution >= 0.6 is 0 Å². The second kappa shape index (κ2) is 8.59. The molecule has 1 aliphatic heterocycles. The van der Waals surface area contributed by atoms with Crippen molar-refractivity contribution < 1.29 is 18.7 Å². The first kappa shape index (κ1) is 19.4. The molecular weight excluding hydrogens is 375 g/mol. The number of rotatable bonds is 8. The number of carbonyl (C=O) groups is 1. The van der Waals surface area contributed by atoms with Gasteiger partial charge in [0.15, 0.2) is 0 Å². The number of nitrogens with zero attached hydrogens (tertiary/aromatic N) is 2. The van der Waals surface area contributed by atoms with E-state index in [9.17, 15) is 9.18 Å². The van der Waals surface area contributed by atoms with Crippen molar-refractivity contribution in [1.29, 1.82) is 0 Å². The Morgan fingerprint density at radius 2 is 2.07 bits per heavy atom. The van der Waals surface area contributed by atoms with Crippen LogP contribution in [0.5, 0.6) is 11.5 Å². The van der Waals surface area contributed by atoms with Crippen molar-refractivity contribution in [3.05, 3.63) is 54.1 Å². The van der Waals surface area contributed by atoms with Gasteiger partial charge in [0.1, 0.15) is 23.1 Å². The van der Waals surface area contributed by atoms with Gasteiger partial charge in [-0.25, -0.2) is 9.37 Å². The van der Waals surface area contributed by atoms with Gasteiger partial charge in [0.05, 0.1) is 36.8 Å². The minimum absolute atomic E-state index is 0.0854. The van der Waals surface area contributed by atoms with E-state index in [4.69, 9.17) is 20.2 Å². The zero-order chi connectivity index (χ0) is 20.2. The molecule has 29 heavy (non-hydrogen) atoms. The molecule has 1 amide bonds. The molecule has 8 heteroatoms. The maximum Gasteiger partial charge on any atom is 0.231 e. The van der Waals surface area contributed by atoms with Crippen molar-refractivity contribution in [3.8, 4) is 11.5 Å². The lowest BCUT2D eigenvalue weighted by Gasteiger charge is -2.15. The molecule has 2 heterocycles. The molecule has 1 aliphatic rings. The summed E-state index contributed by atoms with van der Waals surface area (Å²) in [5.41, 5.74) is 6.95. The zero-order valence-electron chi connectivity index (χ0n) is 15.9. The summed E-state index contributed by atoms with van der Waals surface area (Å²) in [5.74, 6) is 1.27. The SMILES string of the molecule is NC(=O)CNCc1nc2ccc(Oc3ccc(F)cc3)cc2n1C[C@H]1CCCO1. The Bertz CT molecular complexity index is 997. The number of hydrogen-bond acceptors (Lipinski definition) is 5. The Balaban J connectivity index is 1.62. The first-order valence-electron chi connectivity index (χ1n) is 9.62. The van der Waals surface area contributed by atoms with Gasteiger partial charge in [0, 0.05) is 12.7 Å². The number of carbonyl (C=O) groups excluding carboxylic acids is 1. The van der Waals surface area contributed by atoms with Crippen LogP contribution in [0.2, 0.25) is 0 Å². The number of fused-ring (bicyclic) bond motifs is 1. The van der Waals surface area contributed by atoms with Gasteiger partial charge in [-0.1, -0.05) is 0 Å². The van der Waals surface area contributed by atoms with Crippen molar-refractivity contribution in [2.75, 3.05) is 13.2 Å². The van der Waals surface area contributed by atoms with Gasteiger partial charge in [-0.05, 0) is 49.2 Å². The first-order chi connectivity index (χ1) is 14.1. The van der Waals surface area contributed by atoms with E-state index in [1.165, 1.54) is 12.1 Å². The molecule has 2 aromatic carbocycles. The third-order valence-electron chi connectivity index (χ3n) is 4.84. The summed E-state index contributed by atoms with van der Waals surface area (Å²) in [4.78, 5) is 15.7. The molecule has 1 atom stereocenters. The molecule has 0 saturated carbocycles. The van der Waals surface area contributed by atoms with E-state index in [-0.39, 0.29) is 18.5 Å². The summed E-state index contributed by atoms with van der Waals surface area (Å²) in [6.07, 6.45) is 2.18. The third-order valence-corrected chi connectivity index (χ3v) is 4.84.